The number of furan rings is 1. The molecule has 0 atom stereocenters. The molecule has 0 radical (unpaired) electrons. The summed E-state index contributed by atoms with van der Waals surface area (Å²) in [6, 6.07) is 16.6. The molecule has 184 valence electrons. The first kappa shape index (κ1) is 24.7. The van der Waals surface area contributed by atoms with Crippen LogP contribution >= 0.6 is 0 Å². The van der Waals surface area contributed by atoms with E-state index in [9.17, 15) is 18.0 Å². The predicted molar refractivity (Wildman–Crippen MR) is 131 cm³/mol. The van der Waals surface area contributed by atoms with Gasteiger partial charge in [0.15, 0.2) is 0 Å². The van der Waals surface area contributed by atoms with Crippen molar-refractivity contribution >= 4 is 21.8 Å². The Bertz CT molecular complexity index is 1260. The summed E-state index contributed by atoms with van der Waals surface area (Å²) >= 11 is 0. The van der Waals surface area contributed by atoms with E-state index in [2.05, 4.69) is 10.6 Å². The molecule has 8 nitrogen and oxygen atoms in total. The van der Waals surface area contributed by atoms with Gasteiger partial charge in [-0.3, -0.25) is 9.59 Å². The number of benzene rings is 2. The van der Waals surface area contributed by atoms with E-state index in [1.165, 1.54) is 16.4 Å². The van der Waals surface area contributed by atoms with Crippen molar-refractivity contribution in [3.63, 3.8) is 0 Å². The molecule has 1 aliphatic heterocycles. The van der Waals surface area contributed by atoms with Crippen LogP contribution in [0.3, 0.4) is 0 Å². The zero-order valence-corrected chi connectivity index (χ0v) is 20.2. The molecule has 0 saturated carbocycles. The lowest BCUT2D eigenvalue weighted by molar-refractivity contribution is 0.0943. The second-order valence-electron chi connectivity index (χ2n) is 8.49. The Morgan fingerprint density at radius 2 is 1.46 bits per heavy atom. The van der Waals surface area contributed by atoms with Gasteiger partial charge in [0.2, 0.25) is 10.0 Å². The molecule has 2 amide bonds. The monoisotopic (exact) mass is 495 g/mol. The molecule has 1 saturated heterocycles. The van der Waals surface area contributed by atoms with E-state index in [0.717, 1.165) is 31.2 Å². The molecule has 1 aliphatic rings. The van der Waals surface area contributed by atoms with E-state index in [0.29, 0.717) is 24.4 Å². The van der Waals surface area contributed by atoms with Gasteiger partial charge < -0.3 is 15.1 Å². The summed E-state index contributed by atoms with van der Waals surface area (Å²) in [6.45, 7) is 1.49. The first-order valence-corrected chi connectivity index (χ1v) is 13.2. The van der Waals surface area contributed by atoms with Crippen LogP contribution in [0.4, 0.5) is 0 Å². The lowest BCUT2D eigenvalue weighted by atomic mass is 10.1. The molecule has 1 aromatic heterocycles. The molecule has 0 bridgehead atoms. The van der Waals surface area contributed by atoms with Gasteiger partial charge in [0.1, 0.15) is 5.76 Å². The molecular weight excluding hydrogens is 466 g/mol. The highest BCUT2D eigenvalue weighted by molar-refractivity contribution is 7.89. The largest absolute Gasteiger partial charge is 0.467 e. The summed E-state index contributed by atoms with van der Waals surface area (Å²) in [6.07, 6.45) is 5.30. The summed E-state index contributed by atoms with van der Waals surface area (Å²) in [5.41, 5.74) is 1.49. The van der Waals surface area contributed by atoms with Crippen molar-refractivity contribution in [1.82, 2.24) is 14.9 Å². The van der Waals surface area contributed by atoms with Crippen molar-refractivity contribution in [2.24, 2.45) is 0 Å². The lowest BCUT2D eigenvalue weighted by Crippen LogP contribution is -2.32. The normalized spacial score (nSPS) is 14.7. The van der Waals surface area contributed by atoms with Gasteiger partial charge in [0.25, 0.3) is 11.8 Å². The highest BCUT2D eigenvalue weighted by atomic mass is 32.2. The number of carbonyl (C=O) groups excluding carboxylic acids is 2. The van der Waals surface area contributed by atoms with Gasteiger partial charge in [-0.15, -0.1) is 0 Å². The van der Waals surface area contributed by atoms with Crippen LogP contribution < -0.4 is 10.6 Å². The molecule has 4 rings (SSSR count). The van der Waals surface area contributed by atoms with Crippen LogP contribution in [-0.2, 0) is 23.1 Å². The van der Waals surface area contributed by atoms with Crippen LogP contribution in [0, 0.1) is 0 Å². The predicted octanol–water partition coefficient (Wildman–Crippen LogP) is 3.70. The molecule has 9 heteroatoms. The van der Waals surface area contributed by atoms with E-state index in [4.69, 9.17) is 4.42 Å². The third-order valence-electron chi connectivity index (χ3n) is 5.94. The number of carbonyl (C=O) groups is 2. The average Bonchev–Trinajstić information content (AvgIpc) is 3.25. The number of hydrogen-bond acceptors (Lipinski definition) is 5. The summed E-state index contributed by atoms with van der Waals surface area (Å²) in [4.78, 5) is 25.3. The number of nitrogens with zero attached hydrogens (tertiary/aromatic N) is 1. The fraction of sp³-hybridized carbons (Fsp3) is 0.308. The Morgan fingerprint density at radius 1 is 0.800 bits per heavy atom. The molecule has 0 unspecified atom stereocenters. The highest BCUT2D eigenvalue weighted by Crippen LogP contribution is 2.21. The maximum Gasteiger partial charge on any atom is 0.251 e. The van der Waals surface area contributed by atoms with Crippen molar-refractivity contribution < 1.29 is 22.4 Å². The van der Waals surface area contributed by atoms with Crippen LogP contribution in [0.1, 0.15) is 57.7 Å². The zero-order valence-electron chi connectivity index (χ0n) is 19.4. The minimum Gasteiger partial charge on any atom is -0.467 e. The Hall–Kier alpha value is -3.43. The standard InChI is InChI=1S/C26H29N3O5S/c30-25(28-19-23-11-7-15-34-23)21-9-5-8-20(16-21)18-27-26(31)22-10-6-12-24(17-22)35(32,33)29-13-3-1-2-4-14-29/h5-12,15-17H,1-4,13-14,18-19H2,(H,27,31)(H,28,30). The topological polar surface area (TPSA) is 109 Å². The summed E-state index contributed by atoms with van der Waals surface area (Å²) in [5.74, 6) is 0.0217. The maximum atomic E-state index is 13.1. The number of hydrogen-bond donors (Lipinski definition) is 2. The minimum absolute atomic E-state index is 0.127. The van der Waals surface area contributed by atoms with E-state index < -0.39 is 10.0 Å². The van der Waals surface area contributed by atoms with E-state index in [-0.39, 0.29) is 35.4 Å². The molecule has 1 fully saturated rings. The van der Waals surface area contributed by atoms with Crippen molar-refractivity contribution in [3.05, 3.63) is 89.4 Å². The second kappa shape index (κ2) is 11.3. The molecule has 0 spiro atoms. The maximum absolute atomic E-state index is 13.1. The van der Waals surface area contributed by atoms with Crippen LogP contribution in [-0.4, -0.2) is 37.6 Å². The van der Waals surface area contributed by atoms with Gasteiger partial charge in [0, 0.05) is 30.8 Å². The van der Waals surface area contributed by atoms with Crippen LogP contribution in [0.15, 0.2) is 76.2 Å². The fourth-order valence-electron chi connectivity index (χ4n) is 4.02. The quantitative estimate of drug-likeness (QED) is 0.495. The Kier molecular flexibility index (Phi) is 7.99. The van der Waals surface area contributed by atoms with Crippen molar-refractivity contribution in [3.8, 4) is 0 Å². The van der Waals surface area contributed by atoms with Crippen molar-refractivity contribution in [2.75, 3.05) is 13.1 Å². The van der Waals surface area contributed by atoms with E-state index in [1.807, 2.05) is 6.07 Å². The Morgan fingerprint density at radius 3 is 2.14 bits per heavy atom. The third-order valence-corrected chi connectivity index (χ3v) is 7.84. The van der Waals surface area contributed by atoms with Crippen molar-refractivity contribution in [2.45, 2.75) is 43.7 Å². The van der Waals surface area contributed by atoms with Gasteiger partial charge in [-0.05, 0) is 60.9 Å². The molecule has 3 aromatic rings. The molecule has 35 heavy (non-hydrogen) atoms. The van der Waals surface area contributed by atoms with Crippen LogP contribution in [0.25, 0.3) is 0 Å². The third kappa shape index (κ3) is 6.37. The molecule has 2 heterocycles. The number of amides is 2. The van der Waals surface area contributed by atoms with E-state index in [1.54, 1.807) is 48.7 Å². The number of sulfonamides is 1. The first-order valence-electron chi connectivity index (χ1n) is 11.7. The van der Waals surface area contributed by atoms with Gasteiger partial charge in [-0.25, -0.2) is 8.42 Å². The van der Waals surface area contributed by atoms with Gasteiger partial charge in [0.05, 0.1) is 17.7 Å². The number of rotatable bonds is 8. The zero-order chi connectivity index (χ0) is 24.7. The van der Waals surface area contributed by atoms with Crippen LogP contribution in [0.2, 0.25) is 0 Å². The molecule has 2 aromatic carbocycles. The highest BCUT2D eigenvalue weighted by Gasteiger charge is 2.25. The smallest absolute Gasteiger partial charge is 0.251 e. The lowest BCUT2D eigenvalue weighted by Gasteiger charge is -2.20. The summed E-state index contributed by atoms with van der Waals surface area (Å²) in [5, 5.41) is 5.60. The van der Waals surface area contributed by atoms with Crippen molar-refractivity contribution in [1.29, 1.82) is 0 Å². The van der Waals surface area contributed by atoms with E-state index >= 15 is 0 Å². The molecular formula is C26H29N3O5S. The number of nitrogens with one attached hydrogen (secondary N) is 2. The fourth-order valence-corrected chi connectivity index (χ4v) is 5.58. The van der Waals surface area contributed by atoms with Gasteiger partial charge in [-0.2, -0.15) is 4.31 Å². The minimum atomic E-state index is -3.64. The summed E-state index contributed by atoms with van der Waals surface area (Å²) in [7, 11) is -3.64. The Labute approximate surface area is 205 Å². The average molecular weight is 496 g/mol. The first-order chi connectivity index (χ1) is 16.9. The second-order valence-corrected chi connectivity index (χ2v) is 10.4. The summed E-state index contributed by atoms with van der Waals surface area (Å²) < 4.78 is 32.9. The molecule has 2 N–H and O–H groups in total. The van der Waals surface area contributed by atoms with Crippen LogP contribution in [0.5, 0.6) is 0 Å². The van der Waals surface area contributed by atoms with Gasteiger partial charge >= 0.3 is 0 Å². The van der Waals surface area contributed by atoms with Gasteiger partial charge in [-0.1, -0.05) is 31.0 Å². The Balaban J connectivity index is 1.38. The SMILES string of the molecule is O=C(NCc1cccc(C(=O)NCc2ccco2)c1)c1cccc(S(=O)(=O)N2CCCCCC2)c1. The molecule has 0 aliphatic carbocycles.